The Morgan fingerprint density at radius 1 is 1.50 bits per heavy atom. The van der Waals surface area contributed by atoms with Gasteiger partial charge in [-0.1, -0.05) is 13.8 Å². The topological polar surface area (TPSA) is 64.3 Å². The minimum atomic E-state index is -0.618. The van der Waals surface area contributed by atoms with Gasteiger partial charge in [-0.25, -0.2) is 4.39 Å². The Bertz CT molecular complexity index is 421. The van der Waals surface area contributed by atoms with Gasteiger partial charge in [-0.05, 0) is 24.1 Å². The van der Waals surface area contributed by atoms with Gasteiger partial charge in [0.05, 0.1) is 18.2 Å². The van der Waals surface area contributed by atoms with Gasteiger partial charge in [-0.15, -0.1) is 0 Å². The summed E-state index contributed by atoms with van der Waals surface area (Å²) in [5, 5.41) is 2.75. The predicted octanol–water partition coefficient (Wildman–Crippen LogP) is 1.81. The molecular formula is C13H19FN2O2. The normalized spacial score (nSPS) is 12.5. The van der Waals surface area contributed by atoms with Crippen molar-refractivity contribution in [1.29, 1.82) is 0 Å². The lowest BCUT2D eigenvalue weighted by Gasteiger charge is -2.21. The van der Waals surface area contributed by atoms with E-state index in [2.05, 4.69) is 5.32 Å². The average Bonchev–Trinajstić information content (AvgIpc) is 2.27. The van der Waals surface area contributed by atoms with Crippen LogP contribution in [0.15, 0.2) is 18.2 Å². The summed E-state index contributed by atoms with van der Waals surface area (Å²) in [6, 6.07) is 3.86. The standard InChI is InChI=1S/C13H19FN2O2/c1-8(2)12(7-18-3)16-13(17)10-5-4-9(15)6-11(10)14/h4-6,8,12H,7,15H2,1-3H3,(H,16,17). The summed E-state index contributed by atoms with van der Waals surface area (Å²) in [5.74, 6) is -0.874. The van der Waals surface area contributed by atoms with Gasteiger partial charge in [0.15, 0.2) is 0 Å². The van der Waals surface area contributed by atoms with Gasteiger partial charge in [0.25, 0.3) is 5.91 Å². The van der Waals surface area contributed by atoms with Crippen LogP contribution in [0, 0.1) is 11.7 Å². The molecular weight excluding hydrogens is 235 g/mol. The molecule has 5 heteroatoms. The van der Waals surface area contributed by atoms with Crippen molar-refractivity contribution >= 4 is 11.6 Å². The second-order valence-electron chi connectivity index (χ2n) is 4.52. The number of hydrogen-bond donors (Lipinski definition) is 2. The second-order valence-corrected chi connectivity index (χ2v) is 4.52. The first-order valence-corrected chi connectivity index (χ1v) is 5.80. The molecule has 0 fully saturated rings. The molecule has 0 radical (unpaired) electrons. The van der Waals surface area contributed by atoms with Gasteiger partial charge in [-0.2, -0.15) is 0 Å². The third-order valence-electron chi connectivity index (χ3n) is 2.71. The van der Waals surface area contributed by atoms with Crippen LogP contribution in [0.3, 0.4) is 0 Å². The maximum atomic E-state index is 13.6. The molecule has 1 aromatic rings. The van der Waals surface area contributed by atoms with E-state index in [1.165, 1.54) is 12.1 Å². The molecule has 4 nitrogen and oxygen atoms in total. The van der Waals surface area contributed by atoms with Crippen molar-refractivity contribution in [3.05, 3.63) is 29.6 Å². The molecule has 0 saturated carbocycles. The number of hydrogen-bond acceptors (Lipinski definition) is 3. The highest BCUT2D eigenvalue weighted by Gasteiger charge is 2.19. The third kappa shape index (κ3) is 3.70. The number of ether oxygens (including phenoxy) is 1. The van der Waals surface area contributed by atoms with Gasteiger partial charge >= 0.3 is 0 Å². The van der Waals surface area contributed by atoms with E-state index >= 15 is 0 Å². The monoisotopic (exact) mass is 254 g/mol. The Kier molecular flexibility index (Phi) is 5.09. The van der Waals surface area contributed by atoms with Crippen molar-refractivity contribution in [3.63, 3.8) is 0 Å². The van der Waals surface area contributed by atoms with Crippen LogP contribution in [0.25, 0.3) is 0 Å². The van der Waals surface area contributed by atoms with E-state index in [0.29, 0.717) is 12.3 Å². The first-order chi connectivity index (χ1) is 8.45. The lowest BCUT2D eigenvalue weighted by atomic mass is 10.0. The fraction of sp³-hybridized carbons (Fsp3) is 0.462. The lowest BCUT2D eigenvalue weighted by Crippen LogP contribution is -2.41. The Morgan fingerprint density at radius 3 is 2.67 bits per heavy atom. The highest BCUT2D eigenvalue weighted by atomic mass is 19.1. The average molecular weight is 254 g/mol. The minimum absolute atomic E-state index is 0.00838. The number of carbonyl (C=O) groups excluding carboxylic acids is 1. The maximum Gasteiger partial charge on any atom is 0.254 e. The number of nitrogen functional groups attached to an aromatic ring is 1. The van der Waals surface area contributed by atoms with Crippen LogP contribution in [0.2, 0.25) is 0 Å². The molecule has 0 aliphatic carbocycles. The molecule has 0 aliphatic rings. The third-order valence-corrected chi connectivity index (χ3v) is 2.71. The van der Waals surface area contributed by atoms with Crippen molar-refractivity contribution in [1.82, 2.24) is 5.32 Å². The Labute approximate surface area is 106 Å². The first kappa shape index (κ1) is 14.4. The minimum Gasteiger partial charge on any atom is -0.399 e. The summed E-state index contributed by atoms with van der Waals surface area (Å²) in [6.07, 6.45) is 0. The molecule has 1 amide bonds. The predicted molar refractivity (Wildman–Crippen MR) is 68.8 cm³/mol. The summed E-state index contributed by atoms with van der Waals surface area (Å²) >= 11 is 0. The van der Waals surface area contributed by atoms with Crippen molar-refractivity contribution < 1.29 is 13.9 Å². The number of methoxy groups -OCH3 is 1. The van der Waals surface area contributed by atoms with Crippen LogP contribution in [0.5, 0.6) is 0 Å². The fourth-order valence-corrected chi connectivity index (χ4v) is 1.54. The van der Waals surface area contributed by atoms with Gasteiger partial charge < -0.3 is 15.8 Å². The molecule has 1 unspecified atom stereocenters. The van der Waals surface area contributed by atoms with E-state index in [1.807, 2.05) is 13.8 Å². The first-order valence-electron chi connectivity index (χ1n) is 5.80. The van der Waals surface area contributed by atoms with E-state index < -0.39 is 11.7 Å². The van der Waals surface area contributed by atoms with Gasteiger partial charge in [-0.3, -0.25) is 4.79 Å². The molecule has 1 aromatic carbocycles. The lowest BCUT2D eigenvalue weighted by molar-refractivity contribution is 0.0862. The zero-order valence-electron chi connectivity index (χ0n) is 10.9. The van der Waals surface area contributed by atoms with Gasteiger partial charge in [0, 0.05) is 12.8 Å². The number of nitrogens with two attached hydrogens (primary N) is 1. The summed E-state index contributed by atoms with van der Waals surface area (Å²) in [4.78, 5) is 11.9. The van der Waals surface area contributed by atoms with Crippen molar-refractivity contribution in [3.8, 4) is 0 Å². The molecule has 3 N–H and O–H groups in total. The molecule has 100 valence electrons. The van der Waals surface area contributed by atoms with Crippen molar-refractivity contribution in [2.24, 2.45) is 5.92 Å². The molecule has 0 spiro atoms. The van der Waals surface area contributed by atoms with Gasteiger partial charge in [0.1, 0.15) is 5.82 Å². The molecule has 0 saturated heterocycles. The van der Waals surface area contributed by atoms with E-state index in [9.17, 15) is 9.18 Å². The zero-order valence-corrected chi connectivity index (χ0v) is 10.9. The molecule has 0 heterocycles. The summed E-state index contributed by atoms with van der Waals surface area (Å²) in [6.45, 7) is 4.31. The Balaban J connectivity index is 2.80. The molecule has 18 heavy (non-hydrogen) atoms. The largest absolute Gasteiger partial charge is 0.399 e. The molecule has 1 rings (SSSR count). The molecule has 0 aromatic heterocycles. The number of halogens is 1. The van der Waals surface area contributed by atoms with Crippen LogP contribution < -0.4 is 11.1 Å². The van der Waals surface area contributed by atoms with E-state index in [1.54, 1.807) is 7.11 Å². The number of benzene rings is 1. The van der Waals surface area contributed by atoms with Crippen LogP contribution in [-0.4, -0.2) is 25.7 Å². The summed E-state index contributed by atoms with van der Waals surface area (Å²) in [5.41, 5.74) is 5.72. The van der Waals surface area contributed by atoms with Crippen molar-refractivity contribution in [2.75, 3.05) is 19.5 Å². The van der Waals surface area contributed by atoms with E-state index in [-0.39, 0.29) is 17.5 Å². The number of anilines is 1. The summed E-state index contributed by atoms with van der Waals surface area (Å²) < 4.78 is 18.6. The number of nitrogens with one attached hydrogen (secondary N) is 1. The molecule has 0 bridgehead atoms. The highest BCUT2D eigenvalue weighted by molar-refractivity contribution is 5.95. The van der Waals surface area contributed by atoms with E-state index in [4.69, 9.17) is 10.5 Å². The quantitative estimate of drug-likeness (QED) is 0.788. The van der Waals surface area contributed by atoms with Crippen LogP contribution in [0.4, 0.5) is 10.1 Å². The summed E-state index contributed by atoms with van der Waals surface area (Å²) in [7, 11) is 1.56. The second kappa shape index (κ2) is 6.35. The van der Waals surface area contributed by atoms with Crippen LogP contribution >= 0.6 is 0 Å². The molecule has 1 atom stereocenters. The van der Waals surface area contributed by atoms with E-state index in [0.717, 1.165) is 6.07 Å². The number of amides is 1. The van der Waals surface area contributed by atoms with Crippen LogP contribution in [-0.2, 0) is 4.74 Å². The fourth-order valence-electron chi connectivity index (χ4n) is 1.54. The number of carbonyl (C=O) groups is 1. The Morgan fingerprint density at radius 2 is 2.17 bits per heavy atom. The number of rotatable bonds is 5. The van der Waals surface area contributed by atoms with Gasteiger partial charge in [0.2, 0.25) is 0 Å². The smallest absolute Gasteiger partial charge is 0.254 e. The van der Waals surface area contributed by atoms with Crippen LogP contribution in [0.1, 0.15) is 24.2 Å². The maximum absolute atomic E-state index is 13.6. The zero-order chi connectivity index (χ0) is 13.7. The van der Waals surface area contributed by atoms with Crippen molar-refractivity contribution in [2.45, 2.75) is 19.9 Å². The highest BCUT2D eigenvalue weighted by Crippen LogP contribution is 2.12. The molecule has 0 aliphatic heterocycles. The SMILES string of the molecule is COCC(NC(=O)c1ccc(N)cc1F)C(C)C. The Hall–Kier alpha value is -1.62.